The summed E-state index contributed by atoms with van der Waals surface area (Å²) in [4.78, 5) is 4.88. The number of hydrogen-bond donors (Lipinski definition) is 2. The van der Waals surface area contributed by atoms with Crippen LogP contribution in [0.5, 0.6) is 11.5 Å². The largest absolute Gasteiger partial charge is 0.492 e. The Balaban J connectivity index is 1.31. The summed E-state index contributed by atoms with van der Waals surface area (Å²) >= 11 is 0. The van der Waals surface area contributed by atoms with Crippen molar-refractivity contribution in [2.24, 2.45) is 0 Å². The van der Waals surface area contributed by atoms with Crippen molar-refractivity contribution < 1.29 is 14.6 Å². The molecule has 2 aromatic rings. The van der Waals surface area contributed by atoms with Gasteiger partial charge in [0.1, 0.15) is 30.8 Å². The van der Waals surface area contributed by atoms with Gasteiger partial charge in [-0.3, -0.25) is 4.90 Å². The molecule has 0 spiro atoms. The molecule has 1 fully saturated rings. The van der Waals surface area contributed by atoms with E-state index in [1.807, 2.05) is 24.3 Å². The summed E-state index contributed by atoms with van der Waals surface area (Å²) in [5.41, 5.74) is 1.31. The third-order valence-corrected chi connectivity index (χ3v) is 5.20. The zero-order valence-electron chi connectivity index (χ0n) is 18.2. The predicted molar refractivity (Wildman–Crippen MR) is 122 cm³/mol. The number of nitrogens with zero attached hydrogens (tertiary/aromatic N) is 2. The minimum Gasteiger partial charge on any atom is -0.492 e. The number of para-hydroxylation sites is 1. The van der Waals surface area contributed by atoms with Crippen molar-refractivity contribution in [3.8, 4) is 11.5 Å². The number of rotatable bonds is 11. The van der Waals surface area contributed by atoms with Crippen molar-refractivity contribution >= 4 is 5.69 Å². The van der Waals surface area contributed by atoms with Gasteiger partial charge in [0, 0.05) is 51.0 Å². The van der Waals surface area contributed by atoms with Crippen LogP contribution in [-0.2, 0) is 0 Å². The van der Waals surface area contributed by atoms with Crippen LogP contribution in [0.15, 0.2) is 54.6 Å². The van der Waals surface area contributed by atoms with Gasteiger partial charge in [0.25, 0.3) is 0 Å². The molecule has 0 aromatic heterocycles. The highest BCUT2D eigenvalue weighted by Crippen LogP contribution is 2.18. The van der Waals surface area contributed by atoms with E-state index in [0.29, 0.717) is 19.2 Å². The molecule has 0 bridgehead atoms. The summed E-state index contributed by atoms with van der Waals surface area (Å²) in [6.45, 7) is 10.7. The average Bonchev–Trinajstić information content (AvgIpc) is 2.78. The van der Waals surface area contributed by atoms with Gasteiger partial charge >= 0.3 is 0 Å². The maximum Gasteiger partial charge on any atom is 0.119 e. The minimum atomic E-state index is -0.523. The molecule has 1 aliphatic heterocycles. The van der Waals surface area contributed by atoms with E-state index in [1.165, 1.54) is 5.69 Å². The molecular formula is C24H35N3O3. The first kappa shape index (κ1) is 22.4. The topological polar surface area (TPSA) is 57.2 Å². The third kappa shape index (κ3) is 7.52. The lowest BCUT2D eigenvalue weighted by atomic mass is 10.2. The highest BCUT2D eigenvalue weighted by molar-refractivity contribution is 5.46. The monoisotopic (exact) mass is 413 g/mol. The number of anilines is 1. The summed E-state index contributed by atoms with van der Waals surface area (Å²) in [6.07, 6.45) is -0.523. The third-order valence-electron chi connectivity index (χ3n) is 5.20. The lowest BCUT2D eigenvalue weighted by Crippen LogP contribution is -2.47. The summed E-state index contributed by atoms with van der Waals surface area (Å²) in [7, 11) is 0. The molecule has 164 valence electrons. The molecule has 3 rings (SSSR count). The van der Waals surface area contributed by atoms with Crippen LogP contribution in [0.1, 0.15) is 13.8 Å². The predicted octanol–water partition coefficient (Wildman–Crippen LogP) is 2.63. The second-order valence-electron chi connectivity index (χ2n) is 8.01. The molecule has 2 aromatic carbocycles. The summed E-state index contributed by atoms with van der Waals surface area (Å²) in [5.74, 6) is 1.58. The Morgan fingerprint density at radius 1 is 0.900 bits per heavy atom. The van der Waals surface area contributed by atoms with Crippen molar-refractivity contribution in [3.05, 3.63) is 54.6 Å². The molecule has 30 heavy (non-hydrogen) atoms. The Hall–Kier alpha value is -2.28. The van der Waals surface area contributed by atoms with E-state index in [4.69, 9.17) is 9.47 Å². The number of piperazine rings is 1. The second kappa shape index (κ2) is 11.8. The highest BCUT2D eigenvalue weighted by atomic mass is 16.5. The molecule has 1 heterocycles. The fourth-order valence-corrected chi connectivity index (χ4v) is 3.42. The van der Waals surface area contributed by atoms with Gasteiger partial charge in [-0.15, -0.1) is 0 Å². The van der Waals surface area contributed by atoms with Crippen molar-refractivity contribution in [2.75, 3.05) is 57.4 Å². The van der Waals surface area contributed by atoms with Gasteiger partial charge in [-0.1, -0.05) is 32.0 Å². The Labute approximate surface area is 180 Å². The molecule has 0 aliphatic carbocycles. The van der Waals surface area contributed by atoms with Gasteiger partial charge < -0.3 is 24.8 Å². The quantitative estimate of drug-likeness (QED) is 0.591. The number of benzene rings is 2. The van der Waals surface area contributed by atoms with Crippen LogP contribution in [0.2, 0.25) is 0 Å². The number of aliphatic hydroxyl groups is 1. The number of hydrogen-bond acceptors (Lipinski definition) is 6. The molecule has 2 N–H and O–H groups in total. The average molecular weight is 414 g/mol. The smallest absolute Gasteiger partial charge is 0.119 e. The van der Waals surface area contributed by atoms with Crippen LogP contribution < -0.4 is 19.7 Å². The number of ether oxygens (including phenoxy) is 2. The molecule has 6 heteroatoms. The van der Waals surface area contributed by atoms with Crippen LogP contribution in [0, 0.1) is 0 Å². The van der Waals surface area contributed by atoms with E-state index in [9.17, 15) is 5.11 Å². The minimum absolute atomic E-state index is 0.273. The standard InChI is InChI=1S/C24H35N3O3/c1-20(2)25-18-22(28)19-30-24-10-8-23(9-11-24)29-17-16-26-12-14-27(15-13-26)21-6-4-3-5-7-21/h3-11,20,22,25,28H,12-19H2,1-2H3/t22-/m0/s1. The lowest BCUT2D eigenvalue weighted by Gasteiger charge is -2.36. The Morgan fingerprint density at radius 2 is 1.53 bits per heavy atom. The molecule has 0 unspecified atom stereocenters. The van der Waals surface area contributed by atoms with Crippen molar-refractivity contribution in [1.29, 1.82) is 0 Å². The number of aliphatic hydroxyl groups excluding tert-OH is 1. The molecule has 0 amide bonds. The Bertz CT molecular complexity index is 716. The number of nitrogens with one attached hydrogen (secondary N) is 1. The maximum absolute atomic E-state index is 9.92. The van der Waals surface area contributed by atoms with Crippen LogP contribution in [-0.4, -0.2) is 74.6 Å². The Morgan fingerprint density at radius 3 is 2.17 bits per heavy atom. The Kier molecular flexibility index (Phi) is 8.81. The van der Waals surface area contributed by atoms with Gasteiger partial charge in [0.2, 0.25) is 0 Å². The summed E-state index contributed by atoms with van der Waals surface area (Å²) in [6, 6.07) is 18.6. The van der Waals surface area contributed by atoms with Gasteiger partial charge in [0.15, 0.2) is 0 Å². The maximum atomic E-state index is 9.92. The van der Waals surface area contributed by atoms with Gasteiger partial charge in [-0.25, -0.2) is 0 Å². The first-order valence-corrected chi connectivity index (χ1v) is 10.9. The van der Waals surface area contributed by atoms with E-state index in [-0.39, 0.29) is 6.61 Å². The summed E-state index contributed by atoms with van der Waals surface area (Å²) in [5, 5.41) is 13.1. The molecule has 1 atom stereocenters. The highest BCUT2D eigenvalue weighted by Gasteiger charge is 2.16. The van der Waals surface area contributed by atoms with Gasteiger partial charge in [-0.2, -0.15) is 0 Å². The fraction of sp³-hybridized carbons (Fsp3) is 0.500. The van der Waals surface area contributed by atoms with E-state index in [0.717, 1.165) is 44.2 Å². The first-order chi connectivity index (χ1) is 14.6. The molecule has 0 radical (unpaired) electrons. The first-order valence-electron chi connectivity index (χ1n) is 10.9. The van der Waals surface area contributed by atoms with E-state index < -0.39 is 6.10 Å². The normalized spacial score (nSPS) is 15.9. The molecular weight excluding hydrogens is 378 g/mol. The van der Waals surface area contributed by atoms with Crippen LogP contribution in [0.4, 0.5) is 5.69 Å². The lowest BCUT2D eigenvalue weighted by molar-refractivity contribution is 0.104. The van der Waals surface area contributed by atoms with Crippen LogP contribution >= 0.6 is 0 Å². The van der Waals surface area contributed by atoms with Gasteiger partial charge in [-0.05, 0) is 36.4 Å². The van der Waals surface area contributed by atoms with Crippen molar-refractivity contribution in [1.82, 2.24) is 10.2 Å². The SMILES string of the molecule is CC(C)NC[C@H](O)COc1ccc(OCCN2CCN(c3ccccc3)CC2)cc1. The van der Waals surface area contributed by atoms with Crippen LogP contribution in [0.3, 0.4) is 0 Å². The van der Waals surface area contributed by atoms with E-state index in [2.05, 4.69) is 59.3 Å². The second-order valence-corrected chi connectivity index (χ2v) is 8.01. The van der Waals surface area contributed by atoms with E-state index >= 15 is 0 Å². The van der Waals surface area contributed by atoms with E-state index in [1.54, 1.807) is 0 Å². The zero-order valence-corrected chi connectivity index (χ0v) is 18.2. The molecule has 1 saturated heterocycles. The van der Waals surface area contributed by atoms with Gasteiger partial charge in [0.05, 0.1) is 0 Å². The zero-order chi connectivity index (χ0) is 21.2. The summed E-state index contributed by atoms with van der Waals surface area (Å²) < 4.78 is 11.5. The fourth-order valence-electron chi connectivity index (χ4n) is 3.42. The molecule has 1 aliphatic rings. The van der Waals surface area contributed by atoms with Crippen molar-refractivity contribution in [2.45, 2.75) is 26.0 Å². The molecule has 6 nitrogen and oxygen atoms in total. The molecule has 0 saturated carbocycles. The van der Waals surface area contributed by atoms with Crippen LogP contribution in [0.25, 0.3) is 0 Å². The van der Waals surface area contributed by atoms with Crippen molar-refractivity contribution in [3.63, 3.8) is 0 Å².